The topological polar surface area (TPSA) is 72.2 Å². The summed E-state index contributed by atoms with van der Waals surface area (Å²) >= 11 is 11.9. The molecule has 1 N–H and O–H groups in total. The van der Waals surface area contributed by atoms with Crippen LogP contribution in [0, 0.1) is 22.5 Å². The molecule has 19 heavy (non-hydrogen) atoms. The zero-order valence-electron chi connectivity index (χ0n) is 10.4. The van der Waals surface area contributed by atoms with Gasteiger partial charge in [0.1, 0.15) is 4.33 Å². The average Bonchev–Trinajstić information content (AvgIpc) is 2.82. The number of nitro groups is 1. The van der Waals surface area contributed by atoms with E-state index < -0.39 is 14.7 Å². The fourth-order valence-electron chi connectivity index (χ4n) is 1.86. The van der Waals surface area contributed by atoms with Crippen LogP contribution in [0.25, 0.3) is 0 Å². The second kappa shape index (κ2) is 4.35. The number of anilines is 1. The van der Waals surface area contributed by atoms with E-state index in [-0.39, 0.29) is 11.6 Å². The number of alkyl halides is 2. The van der Waals surface area contributed by atoms with Crippen molar-refractivity contribution in [1.82, 2.24) is 0 Å². The third-order valence-electron chi connectivity index (χ3n) is 3.51. The van der Waals surface area contributed by atoms with Gasteiger partial charge in [-0.25, -0.2) is 0 Å². The molecule has 0 heterocycles. The Morgan fingerprint density at radius 3 is 2.53 bits per heavy atom. The van der Waals surface area contributed by atoms with E-state index in [0.29, 0.717) is 17.7 Å². The van der Waals surface area contributed by atoms with Crippen molar-refractivity contribution in [3.8, 4) is 0 Å². The van der Waals surface area contributed by atoms with E-state index in [2.05, 4.69) is 5.32 Å². The van der Waals surface area contributed by atoms with Crippen molar-refractivity contribution < 1.29 is 9.72 Å². The van der Waals surface area contributed by atoms with Crippen LogP contribution in [-0.2, 0) is 4.79 Å². The Labute approximate surface area is 120 Å². The Kier molecular flexibility index (Phi) is 3.23. The monoisotopic (exact) mass is 302 g/mol. The van der Waals surface area contributed by atoms with Crippen LogP contribution < -0.4 is 5.32 Å². The number of nitrogens with zero attached hydrogens (tertiary/aromatic N) is 1. The summed E-state index contributed by atoms with van der Waals surface area (Å²) in [7, 11) is 0. The van der Waals surface area contributed by atoms with Crippen LogP contribution in [0.3, 0.4) is 0 Å². The number of rotatable bonds is 3. The van der Waals surface area contributed by atoms with Gasteiger partial charge in [0.15, 0.2) is 0 Å². The van der Waals surface area contributed by atoms with Gasteiger partial charge in [-0.3, -0.25) is 14.9 Å². The Morgan fingerprint density at radius 1 is 1.47 bits per heavy atom. The predicted octanol–water partition coefficient (Wildman–Crippen LogP) is 3.43. The van der Waals surface area contributed by atoms with Gasteiger partial charge >= 0.3 is 0 Å². The molecule has 2 rings (SSSR count). The second-order valence-electron chi connectivity index (χ2n) is 4.87. The van der Waals surface area contributed by atoms with E-state index in [1.54, 1.807) is 19.9 Å². The first-order valence-electron chi connectivity index (χ1n) is 5.62. The lowest BCUT2D eigenvalue weighted by atomic mass is 10.1. The maximum Gasteiger partial charge on any atom is 0.274 e. The van der Waals surface area contributed by atoms with Crippen LogP contribution in [0.5, 0.6) is 0 Å². The lowest BCUT2D eigenvalue weighted by Crippen LogP contribution is -2.26. The van der Waals surface area contributed by atoms with E-state index in [1.807, 2.05) is 0 Å². The number of carbonyl (C=O) groups excluding carboxylic acids is 1. The Balaban J connectivity index is 2.24. The molecule has 0 aromatic heterocycles. The van der Waals surface area contributed by atoms with Crippen molar-refractivity contribution in [2.75, 3.05) is 5.32 Å². The number of hydrogen-bond acceptors (Lipinski definition) is 3. The quantitative estimate of drug-likeness (QED) is 0.528. The van der Waals surface area contributed by atoms with Gasteiger partial charge in [0.2, 0.25) is 5.91 Å². The van der Waals surface area contributed by atoms with Gasteiger partial charge in [-0.15, -0.1) is 23.2 Å². The molecule has 0 saturated heterocycles. The van der Waals surface area contributed by atoms with Crippen LogP contribution >= 0.6 is 23.2 Å². The number of hydrogen-bond donors (Lipinski definition) is 1. The predicted molar refractivity (Wildman–Crippen MR) is 73.6 cm³/mol. The largest absolute Gasteiger partial charge is 0.325 e. The molecular weight excluding hydrogens is 291 g/mol. The summed E-state index contributed by atoms with van der Waals surface area (Å²) < 4.78 is -1.06. The number of nitrogens with one attached hydrogen (secondary N) is 1. The summed E-state index contributed by atoms with van der Waals surface area (Å²) in [5.74, 6) is -0.332. The molecule has 0 spiro atoms. The smallest absolute Gasteiger partial charge is 0.274 e. The minimum absolute atomic E-state index is 0.0400. The lowest BCUT2D eigenvalue weighted by Gasteiger charge is -2.14. The van der Waals surface area contributed by atoms with Crippen molar-refractivity contribution in [2.45, 2.75) is 24.6 Å². The second-order valence-corrected chi connectivity index (χ2v) is 6.36. The van der Waals surface area contributed by atoms with E-state index in [4.69, 9.17) is 23.2 Å². The molecule has 102 valence electrons. The standard InChI is InChI=1S/C12H12Cl2N2O3/c1-7-8(4-3-5-9(7)16(18)19)15-10(17)11(2)6-12(11,13)14/h3-5H,6H2,1-2H3,(H,15,17). The highest BCUT2D eigenvalue weighted by Gasteiger charge is 2.67. The molecule has 1 aromatic rings. The first-order valence-corrected chi connectivity index (χ1v) is 6.38. The number of carbonyl (C=O) groups is 1. The van der Waals surface area contributed by atoms with E-state index in [9.17, 15) is 14.9 Å². The third-order valence-corrected chi connectivity index (χ3v) is 4.61. The number of nitro benzene ring substituents is 1. The molecule has 0 aliphatic heterocycles. The van der Waals surface area contributed by atoms with Crippen LogP contribution in [0.1, 0.15) is 18.9 Å². The minimum atomic E-state index is -1.06. The summed E-state index contributed by atoms with van der Waals surface area (Å²) in [5.41, 5.74) is -0.0919. The average molecular weight is 303 g/mol. The molecule has 1 aromatic carbocycles. The Bertz CT molecular complexity index is 574. The molecule has 7 heteroatoms. The van der Waals surface area contributed by atoms with Crippen molar-refractivity contribution in [3.05, 3.63) is 33.9 Å². The Morgan fingerprint density at radius 2 is 2.05 bits per heavy atom. The summed E-state index contributed by atoms with van der Waals surface area (Å²) in [6.07, 6.45) is 0.364. The van der Waals surface area contributed by atoms with Crippen molar-refractivity contribution in [1.29, 1.82) is 0 Å². The number of benzene rings is 1. The van der Waals surface area contributed by atoms with Crippen molar-refractivity contribution in [3.63, 3.8) is 0 Å². The van der Waals surface area contributed by atoms with Gasteiger partial charge in [0, 0.05) is 6.07 Å². The maximum absolute atomic E-state index is 12.1. The molecule has 1 saturated carbocycles. The van der Waals surface area contributed by atoms with E-state index >= 15 is 0 Å². The third kappa shape index (κ3) is 2.28. The summed E-state index contributed by atoms with van der Waals surface area (Å²) in [4.78, 5) is 22.4. The SMILES string of the molecule is Cc1c(NC(=O)C2(C)CC2(Cl)Cl)cccc1[N+](=O)[O-]. The highest BCUT2D eigenvalue weighted by Crippen LogP contribution is 2.64. The number of halogens is 2. The van der Waals surface area contributed by atoms with Gasteiger partial charge in [0.25, 0.3) is 5.69 Å². The molecule has 1 fully saturated rings. The molecule has 0 bridgehead atoms. The normalized spacial score (nSPS) is 23.8. The minimum Gasteiger partial charge on any atom is -0.325 e. The van der Waals surface area contributed by atoms with E-state index in [1.165, 1.54) is 12.1 Å². The first-order chi connectivity index (χ1) is 8.69. The van der Waals surface area contributed by atoms with Crippen LogP contribution in [-0.4, -0.2) is 15.2 Å². The van der Waals surface area contributed by atoms with Gasteiger partial charge in [-0.2, -0.15) is 0 Å². The van der Waals surface area contributed by atoms with Gasteiger partial charge in [-0.05, 0) is 26.3 Å². The molecular formula is C12H12Cl2N2O3. The molecule has 1 aliphatic rings. The first kappa shape index (κ1) is 14.1. The summed E-state index contributed by atoms with van der Waals surface area (Å²) in [6, 6.07) is 4.51. The molecule has 1 atom stereocenters. The van der Waals surface area contributed by atoms with Gasteiger partial charge in [-0.1, -0.05) is 6.07 Å². The summed E-state index contributed by atoms with van der Waals surface area (Å²) in [5, 5.41) is 13.5. The molecule has 1 unspecified atom stereocenters. The zero-order valence-corrected chi connectivity index (χ0v) is 11.9. The highest BCUT2D eigenvalue weighted by molar-refractivity contribution is 6.53. The van der Waals surface area contributed by atoms with Crippen molar-refractivity contribution in [2.24, 2.45) is 5.41 Å². The molecule has 1 aliphatic carbocycles. The van der Waals surface area contributed by atoms with Crippen LogP contribution in [0.4, 0.5) is 11.4 Å². The van der Waals surface area contributed by atoms with Crippen molar-refractivity contribution >= 4 is 40.5 Å². The van der Waals surface area contributed by atoms with Crippen LogP contribution in [0.2, 0.25) is 0 Å². The highest BCUT2D eigenvalue weighted by atomic mass is 35.5. The van der Waals surface area contributed by atoms with Gasteiger partial charge < -0.3 is 5.32 Å². The molecule has 1 amide bonds. The van der Waals surface area contributed by atoms with Crippen LogP contribution in [0.15, 0.2) is 18.2 Å². The van der Waals surface area contributed by atoms with E-state index in [0.717, 1.165) is 0 Å². The number of amides is 1. The molecule has 0 radical (unpaired) electrons. The fourth-order valence-corrected chi connectivity index (χ4v) is 2.57. The molecule has 5 nitrogen and oxygen atoms in total. The fraction of sp³-hybridized carbons (Fsp3) is 0.417. The lowest BCUT2D eigenvalue weighted by molar-refractivity contribution is -0.385. The van der Waals surface area contributed by atoms with Gasteiger partial charge in [0.05, 0.1) is 21.6 Å². The zero-order chi connectivity index (χ0) is 14.4. The summed E-state index contributed by atoms with van der Waals surface area (Å²) in [6.45, 7) is 3.24. The Hall–Kier alpha value is -1.33. The maximum atomic E-state index is 12.1.